The fraction of sp³-hybridized carbons (Fsp3) is 0.417. The highest BCUT2D eigenvalue weighted by Gasteiger charge is 2.45. The number of rotatable bonds is 10. The molecule has 4 atom stereocenters. The van der Waals surface area contributed by atoms with Gasteiger partial charge in [-0.15, -0.1) is 0 Å². The van der Waals surface area contributed by atoms with Gasteiger partial charge in [-0.1, -0.05) is 67.9 Å². The van der Waals surface area contributed by atoms with Crippen LogP contribution in [0.1, 0.15) is 25.0 Å². The normalized spacial score (nSPS) is 15.3. The number of carbonyl (C=O) groups is 2. The predicted octanol–water partition coefficient (Wildman–Crippen LogP) is 3.00. The number of carbonyl (C=O) groups excluding carboxylic acids is 2. The Morgan fingerprint density at radius 1 is 0.971 bits per heavy atom. The number of amides is 2. The largest absolute Gasteiger partial charge is 0.416 e. The van der Waals surface area contributed by atoms with Gasteiger partial charge in [0.05, 0.1) is 12.1 Å². The summed E-state index contributed by atoms with van der Waals surface area (Å²) >= 11 is 5.96. The maximum absolute atomic E-state index is 13.1. The van der Waals surface area contributed by atoms with Gasteiger partial charge in [-0.25, -0.2) is 0 Å². The minimum atomic E-state index is -4.92. The van der Waals surface area contributed by atoms with Gasteiger partial charge in [-0.05, 0) is 35.6 Å². The molecule has 2 rings (SSSR count). The molecule has 34 heavy (non-hydrogen) atoms. The van der Waals surface area contributed by atoms with Crippen LogP contribution in [0.2, 0.25) is 5.02 Å². The Morgan fingerprint density at radius 2 is 1.59 bits per heavy atom. The van der Waals surface area contributed by atoms with Crippen molar-refractivity contribution in [3.63, 3.8) is 0 Å². The minimum Gasteiger partial charge on any atom is -0.382 e. The lowest BCUT2D eigenvalue weighted by atomic mass is 9.96. The van der Waals surface area contributed by atoms with E-state index in [9.17, 15) is 27.9 Å². The Labute approximate surface area is 201 Å². The van der Waals surface area contributed by atoms with Crippen molar-refractivity contribution in [3.8, 4) is 0 Å². The quantitative estimate of drug-likeness (QED) is 0.403. The van der Waals surface area contributed by atoms with Gasteiger partial charge in [0.25, 0.3) is 0 Å². The second kappa shape index (κ2) is 12.2. The summed E-state index contributed by atoms with van der Waals surface area (Å²) in [5, 5.41) is 15.0. The molecule has 0 fully saturated rings. The smallest absolute Gasteiger partial charge is 0.382 e. The van der Waals surface area contributed by atoms with Crippen molar-refractivity contribution >= 4 is 23.4 Å². The Morgan fingerprint density at radius 3 is 2.15 bits per heavy atom. The standard InChI is InChI=1S/C24H29ClF3N3O3/c1-14(2)20(21(32)24(26,27)28)31-23(34)19(13-15-7-4-3-5-8-15)30-22(33)18(29)12-16-9-6-10-17(25)11-16/h3-11,14,18-21,32H,12-13,29H2,1-2H3,(H,30,33)(H,31,34)/t18-,19-,20-,21-/m0/s1. The Bertz CT molecular complexity index is 957. The molecule has 0 saturated carbocycles. The summed E-state index contributed by atoms with van der Waals surface area (Å²) in [5.74, 6) is -2.22. The Kier molecular flexibility index (Phi) is 9.90. The lowest BCUT2D eigenvalue weighted by molar-refractivity contribution is -0.215. The molecule has 0 heterocycles. The molecule has 10 heteroatoms. The fourth-order valence-corrected chi connectivity index (χ4v) is 3.64. The zero-order chi connectivity index (χ0) is 25.5. The van der Waals surface area contributed by atoms with Crippen LogP contribution in [0.5, 0.6) is 0 Å². The van der Waals surface area contributed by atoms with E-state index in [1.807, 2.05) is 0 Å². The van der Waals surface area contributed by atoms with Crippen molar-refractivity contribution in [2.45, 2.75) is 57.1 Å². The van der Waals surface area contributed by atoms with Crippen molar-refractivity contribution in [1.82, 2.24) is 10.6 Å². The first-order chi connectivity index (χ1) is 15.9. The van der Waals surface area contributed by atoms with Crippen LogP contribution in [-0.2, 0) is 22.4 Å². The summed E-state index contributed by atoms with van der Waals surface area (Å²) in [5.41, 5.74) is 7.42. The van der Waals surface area contributed by atoms with Crippen LogP contribution in [0.15, 0.2) is 54.6 Å². The monoisotopic (exact) mass is 499 g/mol. The first-order valence-electron chi connectivity index (χ1n) is 10.8. The second-order valence-corrected chi connectivity index (χ2v) is 8.89. The van der Waals surface area contributed by atoms with Crippen LogP contribution in [0.25, 0.3) is 0 Å². The SMILES string of the molecule is CC(C)[C@H](NC(=O)[C@H](Cc1ccccc1)NC(=O)[C@@H](N)Cc1cccc(Cl)c1)[C@H](O)C(F)(F)F. The summed E-state index contributed by atoms with van der Waals surface area (Å²) in [7, 11) is 0. The van der Waals surface area contributed by atoms with Crippen LogP contribution in [0, 0.1) is 5.92 Å². The highest BCUT2D eigenvalue weighted by molar-refractivity contribution is 6.30. The second-order valence-electron chi connectivity index (χ2n) is 8.46. The Hall–Kier alpha value is -2.62. The zero-order valence-electron chi connectivity index (χ0n) is 18.9. The average molecular weight is 500 g/mol. The highest BCUT2D eigenvalue weighted by atomic mass is 35.5. The number of aliphatic hydroxyl groups is 1. The number of alkyl halides is 3. The molecule has 5 N–H and O–H groups in total. The van der Waals surface area contributed by atoms with Crippen LogP contribution < -0.4 is 16.4 Å². The lowest BCUT2D eigenvalue weighted by Gasteiger charge is -2.31. The number of hydrogen-bond acceptors (Lipinski definition) is 4. The van der Waals surface area contributed by atoms with Gasteiger partial charge in [0.2, 0.25) is 11.8 Å². The van der Waals surface area contributed by atoms with E-state index < -0.39 is 48.1 Å². The van der Waals surface area contributed by atoms with Crippen molar-refractivity contribution in [2.75, 3.05) is 0 Å². The highest BCUT2D eigenvalue weighted by Crippen LogP contribution is 2.25. The summed E-state index contributed by atoms with van der Waals surface area (Å²) in [4.78, 5) is 25.8. The third-order valence-corrected chi connectivity index (χ3v) is 5.53. The molecule has 0 aliphatic carbocycles. The van der Waals surface area contributed by atoms with Gasteiger partial charge < -0.3 is 21.5 Å². The van der Waals surface area contributed by atoms with Crippen LogP contribution in [-0.4, -0.2) is 47.3 Å². The van der Waals surface area contributed by atoms with Gasteiger partial charge >= 0.3 is 6.18 Å². The van der Waals surface area contributed by atoms with E-state index in [0.29, 0.717) is 16.1 Å². The molecule has 0 aliphatic rings. The van der Waals surface area contributed by atoms with Crippen molar-refractivity contribution in [1.29, 1.82) is 0 Å². The molecule has 0 radical (unpaired) electrons. The van der Waals surface area contributed by atoms with Crippen LogP contribution in [0.4, 0.5) is 13.2 Å². The van der Waals surface area contributed by atoms with Crippen LogP contribution in [0.3, 0.4) is 0 Å². The average Bonchev–Trinajstić information content (AvgIpc) is 2.76. The molecule has 6 nitrogen and oxygen atoms in total. The third kappa shape index (κ3) is 8.30. The van der Waals surface area contributed by atoms with E-state index in [-0.39, 0.29) is 12.8 Å². The third-order valence-electron chi connectivity index (χ3n) is 5.30. The molecule has 0 aromatic heterocycles. The number of aliphatic hydroxyl groups excluding tert-OH is 1. The minimum absolute atomic E-state index is 0.0230. The van der Waals surface area contributed by atoms with E-state index in [1.165, 1.54) is 13.8 Å². The lowest BCUT2D eigenvalue weighted by Crippen LogP contribution is -2.59. The van der Waals surface area contributed by atoms with E-state index in [0.717, 1.165) is 0 Å². The summed E-state index contributed by atoms with van der Waals surface area (Å²) in [6.07, 6.45) is -7.50. The number of benzene rings is 2. The van der Waals surface area contributed by atoms with Crippen molar-refractivity contribution in [2.24, 2.45) is 11.7 Å². The molecule has 186 valence electrons. The molecule has 2 aromatic rings. The maximum atomic E-state index is 13.1. The predicted molar refractivity (Wildman–Crippen MR) is 124 cm³/mol. The van der Waals surface area contributed by atoms with E-state index in [1.54, 1.807) is 54.6 Å². The molecular weight excluding hydrogens is 471 g/mol. The molecule has 0 aliphatic heterocycles. The molecule has 2 amide bonds. The van der Waals surface area contributed by atoms with Gasteiger partial charge in [0.15, 0.2) is 6.10 Å². The first kappa shape index (κ1) is 27.6. The topological polar surface area (TPSA) is 104 Å². The molecule has 0 spiro atoms. The summed E-state index contributed by atoms with van der Waals surface area (Å²) in [6.45, 7) is 2.90. The maximum Gasteiger partial charge on any atom is 0.416 e. The molecule has 0 bridgehead atoms. The van der Waals surface area contributed by atoms with E-state index in [2.05, 4.69) is 10.6 Å². The van der Waals surface area contributed by atoms with Gasteiger partial charge in [-0.2, -0.15) is 13.2 Å². The van der Waals surface area contributed by atoms with E-state index >= 15 is 0 Å². The fourth-order valence-electron chi connectivity index (χ4n) is 3.43. The molecular formula is C24H29ClF3N3O3. The van der Waals surface area contributed by atoms with Crippen LogP contribution >= 0.6 is 11.6 Å². The number of hydrogen-bond donors (Lipinski definition) is 4. The molecule has 0 unspecified atom stereocenters. The van der Waals surface area contributed by atoms with Gasteiger partial charge in [-0.3, -0.25) is 9.59 Å². The Balaban J connectivity index is 2.19. The van der Waals surface area contributed by atoms with Crippen molar-refractivity contribution in [3.05, 3.63) is 70.7 Å². The number of halogens is 4. The molecule has 2 aromatic carbocycles. The molecule has 0 saturated heterocycles. The van der Waals surface area contributed by atoms with E-state index in [4.69, 9.17) is 17.3 Å². The summed E-state index contributed by atoms with van der Waals surface area (Å²) < 4.78 is 39.3. The zero-order valence-corrected chi connectivity index (χ0v) is 19.6. The first-order valence-corrected chi connectivity index (χ1v) is 11.2. The van der Waals surface area contributed by atoms with Gasteiger partial charge in [0.1, 0.15) is 6.04 Å². The van der Waals surface area contributed by atoms with Gasteiger partial charge in [0, 0.05) is 11.4 Å². The number of nitrogens with two attached hydrogens (primary N) is 1. The number of nitrogens with one attached hydrogen (secondary N) is 2. The van der Waals surface area contributed by atoms with Crippen molar-refractivity contribution < 1.29 is 27.9 Å². The summed E-state index contributed by atoms with van der Waals surface area (Å²) in [6, 6.07) is 11.7.